The van der Waals surface area contributed by atoms with Gasteiger partial charge in [0, 0.05) is 18.6 Å². The van der Waals surface area contributed by atoms with E-state index in [0.717, 1.165) is 32.4 Å². The molecule has 0 spiro atoms. The zero-order valence-electron chi connectivity index (χ0n) is 13.0. The summed E-state index contributed by atoms with van der Waals surface area (Å²) in [6.45, 7) is 4.48. The van der Waals surface area contributed by atoms with Crippen LogP contribution in [0.2, 0.25) is 0 Å². The van der Waals surface area contributed by atoms with Crippen LogP contribution in [0.5, 0.6) is 0 Å². The van der Waals surface area contributed by atoms with Crippen LogP contribution in [-0.2, 0) is 9.53 Å². The fourth-order valence-electron chi connectivity index (χ4n) is 4.65. The zero-order valence-corrected chi connectivity index (χ0v) is 13.0. The van der Waals surface area contributed by atoms with Crippen LogP contribution in [0.15, 0.2) is 0 Å². The zero-order chi connectivity index (χ0) is 14.9. The maximum Gasteiger partial charge on any atom is 0.323 e. The molecule has 0 radical (unpaired) electrons. The number of fused-ring (bicyclic) bond motifs is 1. The van der Waals surface area contributed by atoms with Crippen molar-refractivity contribution in [3.8, 4) is 0 Å². The van der Waals surface area contributed by atoms with E-state index < -0.39 is 11.5 Å². The summed E-state index contributed by atoms with van der Waals surface area (Å²) < 4.78 is 5.95. The van der Waals surface area contributed by atoms with Gasteiger partial charge in [-0.15, -0.1) is 0 Å². The Hall–Kier alpha value is -0.650. The molecular formula is C16H28N2O3. The number of carbonyl (C=O) groups is 1. The lowest BCUT2D eigenvalue weighted by atomic mass is 9.88. The van der Waals surface area contributed by atoms with Crippen LogP contribution in [0.25, 0.3) is 0 Å². The molecule has 3 rings (SSSR count). The first kappa shape index (κ1) is 15.3. The molecule has 21 heavy (non-hydrogen) atoms. The highest BCUT2D eigenvalue weighted by Crippen LogP contribution is 2.38. The number of hydrogen-bond acceptors (Lipinski definition) is 4. The molecule has 0 amide bonds. The highest BCUT2D eigenvalue weighted by Gasteiger charge is 2.49. The molecule has 3 fully saturated rings. The van der Waals surface area contributed by atoms with Crippen LogP contribution in [0.1, 0.15) is 51.9 Å². The fraction of sp³-hybridized carbons (Fsp3) is 0.938. The topological polar surface area (TPSA) is 61.8 Å². The van der Waals surface area contributed by atoms with Crippen LogP contribution in [0.4, 0.5) is 0 Å². The van der Waals surface area contributed by atoms with Crippen molar-refractivity contribution in [2.45, 2.75) is 75.6 Å². The first-order valence-corrected chi connectivity index (χ1v) is 8.52. The molecule has 1 heterocycles. The Morgan fingerprint density at radius 1 is 1.38 bits per heavy atom. The number of morpholine rings is 1. The molecule has 1 saturated heterocycles. The molecule has 3 aliphatic rings. The molecule has 4 atom stereocenters. The summed E-state index contributed by atoms with van der Waals surface area (Å²) in [5.74, 6) is -0.680. The number of ether oxygens (including phenoxy) is 1. The molecule has 2 aliphatic carbocycles. The smallest absolute Gasteiger partial charge is 0.323 e. The third-order valence-electron chi connectivity index (χ3n) is 5.66. The lowest BCUT2D eigenvalue weighted by Gasteiger charge is -2.46. The summed E-state index contributed by atoms with van der Waals surface area (Å²) in [6.07, 6.45) is 7.79. The Balaban J connectivity index is 1.71. The second kappa shape index (κ2) is 6.23. The number of rotatable bonds is 4. The molecule has 2 saturated carbocycles. The number of likely N-dealkylation sites (N-methyl/N-ethyl adjacent to an activating group) is 1. The molecule has 5 heteroatoms. The van der Waals surface area contributed by atoms with Gasteiger partial charge in [0.2, 0.25) is 0 Å². The summed E-state index contributed by atoms with van der Waals surface area (Å²) >= 11 is 0. The highest BCUT2D eigenvalue weighted by molar-refractivity contribution is 5.79. The standard InChI is InChI=1S/C16H28N2O3/c1-2-17-16(15(19)20)8-7-12(11-16)18-9-10-21-14-6-4-3-5-13(14)18/h12-14,17H,2-11H2,1H3,(H,19,20). The average molecular weight is 296 g/mol. The first-order chi connectivity index (χ1) is 10.2. The average Bonchev–Trinajstić information content (AvgIpc) is 2.92. The monoisotopic (exact) mass is 296 g/mol. The van der Waals surface area contributed by atoms with Crippen molar-refractivity contribution >= 4 is 5.97 Å². The number of carboxylic acids is 1. The van der Waals surface area contributed by atoms with Crippen molar-refractivity contribution < 1.29 is 14.6 Å². The molecule has 1 aliphatic heterocycles. The fourth-order valence-corrected chi connectivity index (χ4v) is 4.65. The largest absolute Gasteiger partial charge is 0.480 e. The van der Waals surface area contributed by atoms with Crippen molar-refractivity contribution in [2.24, 2.45) is 0 Å². The van der Waals surface area contributed by atoms with E-state index in [4.69, 9.17) is 4.74 Å². The van der Waals surface area contributed by atoms with Gasteiger partial charge in [0.05, 0.1) is 12.7 Å². The Labute approximate surface area is 127 Å². The van der Waals surface area contributed by atoms with Crippen LogP contribution in [-0.4, -0.2) is 59.4 Å². The lowest BCUT2D eigenvalue weighted by molar-refractivity contribution is -0.145. The molecule has 0 bridgehead atoms. The minimum Gasteiger partial charge on any atom is -0.480 e. The van der Waals surface area contributed by atoms with Gasteiger partial charge in [-0.2, -0.15) is 0 Å². The maximum absolute atomic E-state index is 11.7. The van der Waals surface area contributed by atoms with Crippen molar-refractivity contribution in [3.05, 3.63) is 0 Å². The van der Waals surface area contributed by atoms with E-state index in [9.17, 15) is 9.90 Å². The molecule has 5 nitrogen and oxygen atoms in total. The molecule has 2 N–H and O–H groups in total. The third-order valence-corrected chi connectivity index (χ3v) is 5.66. The minimum atomic E-state index is -0.706. The molecule has 0 aromatic rings. The van der Waals surface area contributed by atoms with Crippen LogP contribution < -0.4 is 5.32 Å². The summed E-state index contributed by atoms with van der Waals surface area (Å²) in [5, 5.41) is 12.9. The van der Waals surface area contributed by atoms with Gasteiger partial charge in [-0.05, 0) is 38.6 Å². The molecule has 4 unspecified atom stereocenters. The van der Waals surface area contributed by atoms with Gasteiger partial charge in [-0.1, -0.05) is 19.8 Å². The predicted octanol–water partition coefficient (Wildman–Crippen LogP) is 1.62. The second-order valence-electron chi connectivity index (χ2n) is 6.81. The van der Waals surface area contributed by atoms with Crippen LogP contribution in [0, 0.1) is 0 Å². The lowest BCUT2D eigenvalue weighted by Crippen LogP contribution is -2.57. The van der Waals surface area contributed by atoms with E-state index in [2.05, 4.69) is 10.2 Å². The van der Waals surface area contributed by atoms with Crippen LogP contribution >= 0.6 is 0 Å². The Morgan fingerprint density at radius 2 is 2.19 bits per heavy atom. The normalized spacial score (nSPS) is 40.9. The van der Waals surface area contributed by atoms with Gasteiger partial charge in [0.25, 0.3) is 0 Å². The summed E-state index contributed by atoms with van der Waals surface area (Å²) in [5.41, 5.74) is -0.706. The highest BCUT2D eigenvalue weighted by atomic mass is 16.5. The number of nitrogens with zero attached hydrogens (tertiary/aromatic N) is 1. The minimum absolute atomic E-state index is 0.381. The quantitative estimate of drug-likeness (QED) is 0.825. The first-order valence-electron chi connectivity index (χ1n) is 8.52. The van der Waals surface area contributed by atoms with Crippen molar-refractivity contribution in [1.82, 2.24) is 10.2 Å². The molecule has 120 valence electrons. The van der Waals surface area contributed by atoms with Gasteiger partial charge in [0.15, 0.2) is 0 Å². The molecule has 0 aromatic carbocycles. The Kier molecular flexibility index (Phi) is 4.52. The Morgan fingerprint density at radius 3 is 2.95 bits per heavy atom. The number of aliphatic carboxylic acids is 1. The second-order valence-corrected chi connectivity index (χ2v) is 6.81. The van der Waals surface area contributed by atoms with Gasteiger partial charge in [-0.25, -0.2) is 0 Å². The van der Waals surface area contributed by atoms with Crippen molar-refractivity contribution in [1.29, 1.82) is 0 Å². The van der Waals surface area contributed by atoms with E-state index >= 15 is 0 Å². The van der Waals surface area contributed by atoms with Gasteiger partial charge in [0.1, 0.15) is 5.54 Å². The molecular weight excluding hydrogens is 268 g/mol. The third kappa shape index (κ3) is 2.83. The summed E-state index contributed by atoms with van der Waals surface area (Å²) in [7, 11) is 0. The number of hydrogen-bond donors (Lipinski definition) is 2. The summed E-state index contributed by atoms with van der Waals surface area (Å²) in [6, 6.07) is 0.915. The van der Waals surface area contributed by atoms with Crippen molar-refractivity contribution in [3.63, 3.8) is 0 Å². The number of carboxylic acid groups (broad SMARTS) is 1. The van der Waals surface area contributed by atoms with Gasteiger partial charge < -0.3 is 15.2 Å². The summed E-state index contributed by atoms with van der Waals surface area (Å²) in [4.78, 5) is 14.3. The predicted molar refractivity (Wildman–Crippen MR) is 80.4 cm³/mol. The van der Waals surface area contributed by atoms with Gasteiger partial charge in [-0.3, -0.25) is 9.69 Å². The van der Waals surface area contributed by atoms with E-state index in [-0.39, 0.29) is 0 Å². The van der Waals surface area contributed by atoms with Gasteiger partial charge >= 0.3 is 5.97 Å². The van der Waals surface area contributed by atoms with Crippen molar-refractivity contribution in [2.75, 3.05) is 19.7 Å². The maximum atomic E-state index is 11.7. The molecule has 0 aromatic heterocycles. The SMILES string of the molecule is CCNC1(C(=O)O)CCC(N2CCOC3CCCCC32)C1. The van der Waals surface area contributed by atoms with E-state index in [1.54, 1.807) is 0 Å². The Bertz CT molecular complexity index is 388. The number of nitrogens with one attached hydrogen (secondary N) is 1. The van der Waals surface area contributed by atoms with E-state index in [1.165, 1.54) is 25.7 Å². The van der Waals surface area contributed by atoms with Crippen LogP contribution in [0.3, 0.4) is 0 Å². The van der Waals surface area contributed by atoms with E-state index in [0.29, 0.717) is 24.7 Å². The van der Waals surface area contributed by atoms with E-state index in [1.807, 2.05) is 6.92 Å².